The molecule has 1 aromatic heterocycles. The van der Waals surface area contributed by atoms with E-state index in [0.717, 1.165) is 23.7 Å². The third-order valence-corrected chi connectivity index (χ3v) is 3.92. The Morgan fingerprint density at radius 2 is 2.31 bits per heavy atom. The van der Waals surface area contributed by atoms with Crippen molar-refractivity contribution >= 4 is 10.8 Å². The number of aryl methyl sites for hydroxylation is 2. The van der Waals surface area contributed by atoms with Crippen molar-refractivity contribution < 1.29 is 4.21 Å². The lowest BCUT2D eigenvalue weighted by atomic mass is 10.1. The van der Waals surface area contributed by atoms with Gasteiger partial charge in [-0.15, -0.1) is 0 Å². The summed E-state index contributed by atoms with van der Waals surface area (Å²) in [5, 5.41) is 7.68. The first kappa shape index (κ1) is 13.4. The van der Waals surface area contributed by atoms with Crippen molar-refractivity contribution in [2.24, 2.45) is 7.05 Å². The Morgan fingerprint density at radius 3 is 2.81 bits per heavy atom. The molecule has 0 saturated carbocycles. The molecule has 1 N–H and O–H groups in total. The summed E-state index contributed by atoms with van der Waals surface area (Å²) >= 11 is 0. The van der Waals surface area contributed by atoms with Crippen LogP contribution in [-0.2, 0) is 17.8 Å². The molecule has 0 bridgehead atoms. The Morgan fingerprint density at radius 1 is 1.62 bits per heavy atom. The number of nitrogens with one attached hydrogen (secondary N) is 1. The zero-order valence-electron chi connectivity index (χ0n) is 10.5. The van der Waals surface area contributed by atoms with E-state index in [1.807, 2.05) is 31.8 Å². The molecule has 0 aliphatic carbocycles. The minimum atomic E-state index is -0.683. The van der Waals surface area contributed by atoms with Gasteiger partial charge in [-0.25, -0.2) is 0 Å². The second-order valence-corrected chi connectivity index (χ2v) is 5.82. The summed E-state index contributed by atoms with van der Waals surface area (Å²) in [6.45, 7) is 6.86. The first-order valence-electron chi connectivity index (χ1n) is 5.63. The second-order valence-electron chi connectivity index (χ2n) is 3.95. The lowest BCUT2D eigenvalue weighted by Crippen LogP contribution is -2.24. The van der Waals surface area contributed by atoms with Crippen LogP contribution in [0.5, 0.6) is 0 Å². The van der Waals surface area contributed by atoms with E-state index >= 15 is 0 Å². The van der Waals surface area contributed by atoms with Gasteiger partial charge < -0.3 is 5.32 Å². The quantitative estimate of drug-likeness (QED) is 0.815. The molecule has 0 aromatic carbocycles. The Labute approximate surface area is 99.9 Å². The predicted octanol–water partition coefficient (Wildman–Crippen LogP) is 1.15. The monoisotopic (exact) mass is 243 g/mol. The lowest BCUT2D eigenvalue weighted by molar-refractivity contribution is 0.593. The van der Waals surface area contributed by atoms with Crippen LogP contribution < -0.4 is 5.32 Å². The summed E-state index contributed by atoms with van der Waals surface area (Å²) in [5.41, 5.74) is 2.27. The van der Waals surface area contributed by atoms with Crippen molar-refractivity contribution in [1.29, 1.82) is 0 Å². The average Bonchev–Trinajstić information content (AvgIpc) is 2.57. The molecule has 1 heterocycles. The number of rotatable bonds is 6. The highest BCUT2D eigenvalue weighted by atomic mass is 32.2. The van der Waals surface area contributed by atoms with Gasteiger partial charge >= 0.3 is 0 Å². The van der Waals surface area contributed by atoms with Gasteiger partial charge in [0.15, 0.2) is 0 Å². The Balaban J connectivity index is 2.43. The molecule has 1 rings (SSSR count). The van der Waals surface area contributed by atoms with E-state index in [0.29, 0.717) is 0 Å². The van der Waals surface area contributed by atoms with Gasteiger partial charge in [-0.2, -0.15) is 5.10 Å². The molecule has 0 radical (unpaired) electrons. The van der Waals surface area contributed by atoms with Crippen molar-refractivity contribution in [2.75, 3.05) is 18.1 Å². The third kappa shape index (κ3) is 3.72. The van der Waals surface area contributed by atoms with Gasteiger partial charge in [0, 0.05) is 53.7 Å². The number of aromatic nitrogens is 2. The fraction of sp³-hybridized carbons (Fsp3) is 0.727. The molecule has 0 saturated heterocycles. The fourth-order valence-electron chi connectivity index (χ4n) is 1.69. The van der Waals surface area contributed by atoms with E-state index in [1.165, 1.54) is 5.56 Å². The fourth-order valence-corrected chi connectivity index (χ4v) is 2.32. The van der Waals surface area contributed by atoms with Crippen LogP contribution in [0.2, 0.25) is 0 Å². The first-order valence-corrected chi connectivity index (χ1v) is 7.12. The topological polar surface area (TPSA) is 46.9 Å². The van der Waals surface area contributed by atoms with Gasteiger partial charge in [-0.05, 0) is 13.8 Å². The molecule has 0 spiro atoms. The molecule has 5 heteroatoms. The zero-order valence-corrected chi connectivity index (χ0v) is 11.3. The summed E-state index contributed by atoms with van der Waals surface area (Å²) in [7, 11) is 1.24. The molecule has 0 fully saturated rings. The summed E-state index contributed by atoms with van der Waals surface area (Å²) in [4.78, 5) is 0. The SMILES string of the molecule is CCS(=O)CCNC(C)c1cn(C)nc1C. The molecule has 0 amide bonds. The highest BCUT2D eigenvalue weighted by molar-refractivity contribution is 7.84. The molecule has 92 valence electrons. The first-order chi connectivity index (χ1) is 7.54. The molecule has 0 aliphatic rings. The van der Waals surface area contributed by atoms with Crippen LogP contribution >= 0.6 is 0 Å². The van der Waals surface area contributed by atoms with E-state index in [9.17, 15) is 4.21 Å². The molecular formula is C11H21N3OS. The standard InChI is InChI=1S/C11H21N3OS/c1-5-16(15)7-6-12-9(2)11-8-14(4)13-10(11)3/h8-9,12H,5-7H2,1-4H3. The second kappa shape index (κ2) is 6.15. The van der Waals surface area contributed by atoms with Gasteiger partial charge in [0.2, 0.25) is 0 Å². The highest BCUT2D eigenvalue weighted by Crippen LogP contribution is 2.14. The zero-order chi connectivity index (χ0) is 12.1. The Bertz CT molecular complexity index is 362. The van der Waals surface area contributed by atoms with E-state index < -0.39 is 10.8 Å². The van der Waals surface area contributed by atoms with Crippen molar-refractivity contribution in [1.82, 2.24) is 15.1 Å². The van der Waals surface area contributed by atoms with E-state index in [1.54, 1.807) is 0 Å². The maximum atomic E-state index is 11.3. The van der Waals surface area contributed by atoms with E-state index in [4.69, 9.17) is 0 Å². The van der Waals surface area contributed by atoms with Gasteiger partial charge in [0.05, 0.1) is 5.69 Å². The predicted molar refractivity (Wildman–Crippen MR) is 67.9 cm³/mol. The van der Waals surface area contributed by atoms with Crippen LogP contribution in [0.4, 0.5) is 0 Å². The maximum Gasteiger partial charge on any atom is 0.0641 e. The smallest absolute Gasteiger partial charge is 0.0641 e. The van der Waals surface area contributed by atoms with Gasteiger partial charge in [-0.1, -0.05) is 6.92 Å². The summed E-state index contributed by atoms with van der Waals surface area (Å²) in [6.07, 6.45) is 2.03. The van der Waals surface area contributed by atoms with E-state index in [2.05, 4.69) is 17.3 Å². The normalized spacial score (nSPS) is 15.0. The number of hydrogen-bond acceptors (Lipinski definition) is 3. The Kier molecular flexibility index (Phi) is 5.15. The minimum Gasteiger partial charge on any atom is -0.309 e. The highest BCUT2D eigenvalue weighted by Gasteiger charge is 2.10. The van der Waals surface area contributed by atoms with Gasteiger partial charge in [0.1, 0.15) is 0 Å². The van der Waals surface area contributed by atoms with Crippen LogP contribution in [-0.4, -0.2) is 32.0 Å². The molecule has 1 aromatic rings. The van der Waals surface area contributed by atoms with Crippen LogP contribution in [0.25, 0.3) is 0 Å². The van der Waals surface area contributed by atoms with Crippen LogP contribution in [0.3, 0.4) is 0 Å². The summed E-state index contributed by atoms with van der Waals surface area (Å²) in [5.74, 6) is 1.46. The van der Waals surface area contributed by atoms with Crippen molar-refractivity contribution in [2.45, 2.75) is 26.8 Å². The Hall–Kier alpha value is -0.680. The van der Waals surface area contributed by atoms with Crippen molar-refractivity contribution in [3.8, 4) is 0 Å². The maximum absolute atomic E-state index is 11.3. The molecule has 2 unspecified atom stereocenters. The molecule has 4 nitrogen and oxygen atoms in total. The van der Waals surface area contributed by atoms with Crippen LogP contribution in [0, 0.1) is 6.92 Å². The van der Waals surface area contributed by atoms with Crippen LogP contribution in [0.15, 0.2) is 6.20 Å². The molecular weight excluding hydrogens is 222 g/mol. The van der Waals surface area contributed by atoms with Gasteiger partial charge in [0.25, 0.3) is 0 Å². The third-order valence-electron chi connectivity index (χ3n) is 2.62. The van der Waals surface area contributed by atoms with Crippen LogP contribution in [0.1, 0.15) is 31.1 Å². The molecule has 0 aliphatic heterocycles. The van der Waals surface area contributed by atoms with Crippen molar-refractivity contribution in [3.05, 3.63) is 17.5 Å². The summed E-state index contributed by atoms with van der Waals surface area (Å²) < 4.78 is 13.1. The number of hydrogen-bond donors (Lipinski definition) is 1. The lowest BCUT2D eigenvalue weighted by Gasteiger charge is -2.12. The molecule has 16 heavy (non-hydrogen) atoms. The van der Waals surface area contributed by atoms with E-state index in [-0.39, 0.29) is 6.04 Å². The average molecular weight is 243 g/mol. The van der Waals surface area contributed by atoms with Crippen molar-refractivity contribution in [3.63, 3.8) is 0 Å². The largest absolute Gasteiger partial charge is 0.309 e. The molecule has 2 atom stereocenters. The minimum absolute atomic E-state index is 0.266. The number of nitrogens with zero attached hydrogens (tertiary/aromatic N) is 2. The summed E-state index contributed by atoms with van der Waals surface area (Å²) in [6, 6.07) is 0.266. The van der Waals surface area contributed by atoms with Gasteiger partial charge in [-0.3, -0.25) is 8.89 Å².